The van der Waals surface area contributed by atoms with E-state index >= 15 is 0 Å². The van der Waals surface area contributed by atoms with Gasteiger partial charge in [0.1, 0.15) is 0 Å². The Morgan fingerprint density at radius 1 is 1.19 bits per heavy atom. The molecule has 0 aromatic heterocycles. The van der Waals surface area contributed by atoms with Gasteiger partial charge < -0.3 is 0 Å². The highest BCUT2D eigenvalue weighted by molar-refractivity contribution is 5.38. The molecule has 0 aromatic carbocycles. The van der Waals surface area contributed by atoms with E-state index in [0.717, 1.165) is 17.8 Å². The van der Waals surface area contributed by atoms with E-state index < -0.39 is 0 Å². The molecule has 3 rings (SSSR count). The Hall–Kier alpha value is -1.04. The van der Waals surface area contributed by atoms with Crippen LogP contribution >= 0.6 is 0 Å². The van der Waals surface area contributed by atoms with Crippen molar-refractivity contribution in [2.75, 3.05) is 0 Å². The Labute approximate surface area is 98.4 Å². The minimum Gasteiger partial charge on any atom is -0.0839 e. The van der Waals surface area contributed by atoms with Crippen molar-refractivity contribution in [3.05, 3.63) is 47.6 Å². The van der Waals surface area contributed by atoms with Crippen LogP contribution in [0.1, 0.15) is 32.6 Å². The molecule has 1 fully saturated rings. The normalized spacial score (nSPS) is 36.2. The second-order valence-corrected chi connectivity index (χ2v) is 5.28. The standard InChI is InChI=1S/C16H20/c1-2-12-11-14-9-5-6-10-15(14)16(12)13-7-3-4-8-13/h3-7,10,12,14,16H,2,8-9,11H2,1H3. The molecule has 0 aromatic rings. The average molecular weight is 212 g/mol. The summed E-state index contributed by atoms with van der Waals surface area (Å²) < 4.78 is 0. The van der Waals surface area contributed by atoms with Crippen LogP contribution in [-0.4, -0.2) is 0 Å². The lowest BCUT2D eigenvalue weighted by molar-refractivity contribution is 0.431. The Morgan fingerprint density at radius 2 is 2.06 bits per heavy atom. The van der Waals surface area contributed by atoms with Gasteiger partial charge >= 0.3 is 0 Å². The summed E-state index contributed by atoms with van der Waals surface area (Å²) in [7, 11) is 0. The highest BCUT2D eigenvalue weighted by Gasteiger charge is 2.39. The van der Waals surface area contributed by atoms with Gasteiger partial charge in [0, 0.05) is 5.92 Å². The molecule has 16 heavy (non-hydrogen) atoms. The monoisotopic (exact) mass is 212 g/mol. The van der Waals surface area contributed by atoms with Crippen molar-refractivity contribution < 1.29 is 0 Å². The largest absolute Gasteiger partial charge is 0.0839 e. The van der Waals surface area contributed by atoms with Crippen LogP contribution in [0.2, 0.25) is 0 Å². The van der Waals surface area contributed by atoms with Gasteiger partial charge in [-0.15, -0.1) is 0 Å². The van der Waals surface area contributed by atoms with Crippen molar-refractivity contribution in [3.63, 3.8) is 0 Å². The van der Waals surface area contributed by atoms with Crippen molar-refractivity contribution in [3.8, 4) is 0 Å². The summed E-state index contributed by atoms with van der Waals surface area (Å²) in [5.41, 5.74) is 3.39. The Kier molecular flexibility index (Phi) is 2.59. The third-order valence-corrected chi connectivity index (χ3v) is 4.46. The number of hydrogen-bond donors (Lipinski definition) is 0. The first-order chi connectivity index (χ1) is 7.90. The predicted molar refractivity (Wildman–Crippen MR) is 69.1 cm³/mol. The van der Waals surface area contributed by atoms with Gasteiger partial charge in [-0.2, -0.15) is 0 Å². The summed E-state index contributed by atoms with van der Waals surface area (Å²) >= 11 is 0. The van der Waals surface area contributed by atoms with Crippen LogP contribution in [0.4, 0.5) is 0 Å². The van der Waals surface area contributed by atoms with Crippen LogP contribution in [0.25, 0.3) is 0 Å². The van der Waals surface area contributed by atoms with E-state index in [1.165, 1.54) is 25.7 Å². The SMILES string of the molecule is CCC1CC2CC=CC=C2C1C1=CC=CC1. The van der Waals surface area contributed by atoms with E-state index in [2.05, 4.69) is 43.4 Å². The van der Waals surface area contributed by atoms with E-state index in [1.54, 1.807) is 11.1 Å². The van der Waals surface area contributed by atoms with E-state index in [9.17, 15) is 0 Å². The van der Waals surface area contributed by atoms with Gasteiger partial charge in [-0.25, -0.2) is 0 Å². The third kappa shape index (κ3) is 1.52. The number of fused-ring (bicyclic) bond motifs is 1. The summed E-state index contributed by atoms with van der Waals surface area (Å²) in [5.74, 6) is 2.50. The van der Waals surface area contributed by atoms with Gasteiger partial charge in [-0.3, -0.25) is 0 Å². The van der Waals surface area contributed by atoms with Crippen molar-refractivity contribution in [2.24, 2.45) is 17.8 Å². The molecule has 3 aliphatic carbocycles. The summed E-state index contributed by atoms with van der Waals surface area (Å²) in [6, 6.07) is 0. The van der Waals surface area contributed by atoms with Crippen molar-refractivity contribution in [1.82, 2.24) is 0 Å². The van der Waals surface area contributed by atoms with Crippen LogP contribution in [0.3, 0.4) is 0 Å². The molecule has 3 aliphatic rings. The van der Waals surface area contributed by atoms with E-state index in [1.807, 2.05) is 0 Å². The zero-order chi connectivity index (χ0) is 11.0. The highest BCUT2D eigenvalue weighted by Crippen LogP contribution is 2.50. The van der Waals surface area contributed by atoms with Gasteiger partial charge in [0.05, 0.1) is 0 Å². The lowest BCUT2D eigenvalue weighted by Crippen LogP contribution is -2.11. The first-order valence-electron chi connectivity index (χ1n) is 6.62. The molecule has 0 bridgehead atoms. The Morgan fingerprint density at radius 3 is 2.81 bits per heavy atom. The summed E-state index contributed by atoms with van der Waals surface area (Å²) in [5, 5.41) is 0. The summed E-state index contributed by atoms with van der Waals surface area (Å²) in [4.78, 5) is 0. The van der Waals surface area contributed by atoms with Crippen molar-refractivity contribution in [2.45, 2.75) is 32.6 Å². The molecule has 3 unspecified atom stereocenters. The topological polar surface area (TPSA) is 0 Å². The maximum atomic E-state index is 2.40. The van der Waals surface area contributed by atoms with Gasteiger partial charge in [0.2, 0.25) is 0 Å². The molecule has 1 saturated carbocycles. The lowest BCUT2D eigenvalue weighted by atomic mass is 9.82. The zero-order valence-corrected chi connectivity index (χ0v) is 10.0. The van der Waals surface area contributed by atoms with Crippen LogP contribution in [0.5, 0.6) is 0 Å². The van der Waals surface area contributed by atoms with Crippen molar-refractivity contribution in [1.29, 1.82) is 0 Å². The van der Waals surface area contributed by atoms with E-state index in [4.69, 9.17) is 0 Å². The molecular weight excluding hydrogens is 192 g/mol. The molecular formula is C16H20. The molecule has 0 heterocycles. The van der Waals surface area contributed by atoms with Crippen LogP contribution in [-0.2, 0) is 0 Å². The van der Waals surface area contributed by atoms with Gasteiger partial charge in [-0.1, -0.05) is 60.9 Å². The molecule has 0 heteroatoms. The van der Waals surface area contributed by atoms with Crippen LogP contribution in [0.15, 0.2) is 47.6 Å². The molecule has 0 aliphatic heterocycles. The first-order valence-corrected chi connectivity index (χ1v) is 6.62. The molecule has 0 nitrogen and oxygen atoms in total. The summed E-state index contributed by atoms with van der Waals surface area (Å²) in [6.07, 6.45) is 19.1. The second-order valence-electron chi connectivity index (χ2n) is 5.28. The lowest BCUT2D eigenvalue weighted by Gasteiger charge is -2.22. The number of hydrogen-bond acceptors (Lipinski definition) is 0. The quantitative estimate of drug-likeness (QED) is 0.635. The molecule has 0 radical (unpaired) electrons. The number of rotatable bonds is 2. The minimum atomic E-state index is 0.759. The maximum Gasteiger partial charge on any atom is 0.00476 e. The maximum absolute atomic E-state index is 2.40. The molecule has 0 saturated heterocycles. The Balaban J connectivity index is 1.92. The van der Waals surface area contributed by atoms with E-state index in [0.29, 0.717) is 0 Å². The van der Waals surface area contributed by atoms with Crippen molar-refractivity contribution >= 4 is 0 Å². The van der Waals surface area contributed by atoms with Gasteiger partial charge in [-0.05, 0) is 31.1 Å². The summed E-state index contributed by atoms with van der Waals surface area (Å²) in [6.45, 7) is 2.35. The smallest absolute Gasteiger partial charge is 0.00476 e. The Bertz CT molecular complexity index is 392. The van der Waals surface area contributed by atoms with E-state index in [-0.39, 0.29) is 0 Å². The molecule has 0 spiro atoms. The highest BCUT2D eigenvalue weighted by atomic mass is 14.4. The van der Waals surface area contributed by atoms with Crippen LogP contribution in [0, 0.1) is 17.8 Å². The first kappa shape index (κ1) is 10.1. The minimum absolute atomic E-state index is 0.759. The third-order valence-electron chi connectivity index (χ3n) is 4.46. The fraction of sp³-hybridized carbons (Fsp3) is 0.500. The molecule has 3 atom stereocenters. The molecule has 0 amide bonds. The van der Waals surface area contributed by atoms with Gasteiger partial charge in [0.15, 0.2) is 0 Å². The van der Waals surface area contributed by atoms with Crippen LogP contribution < -0.4 is 0 Å². The average Bonchev–Trinajstić information content (AvgIpc) is 2.94. The molecule has 0 N–H and O–H groups in total. The zero-order valence-electron chi connectivity index (χ0n) is 10.0. The second kappa shape index (κ2) is 4.08. The van der Waals surface area contributed by atoms with Gasteiger partial charge in [0.25, 0.3) is 0 Å². The predicted octanol–water partition coefficient (Wildman–Crippen LogP) is 4.42. The number of allylic oxidation sites excluding steroid dienone is 8. The molecule has 84 valence electrons. The fourth-order valence-corrected chi connectivity index (χ4v) is 3.67. The fourth-order valence-electron chi connectivity index (χ4n) is 3.67.